The van der Waals surface area contributed by atoms with Gasteiger partial charge in [0.2, 0.25) is 5.91 Å². The van der Waals surface area contributed by atoms with Gasteiger partial charge in [-0.25, -0.2) is 8.42 Å². The summed E-state index contributed by atoms with van der Waals surface area (Å²) in [4.78, 5) is 13.1. The predicted octanol–water partition coefficient (Wildman–Crippen LogP) is 4.46. The smallest absolute Gasteiger partial charge is 0.264 e. The minimum Gasteiger partial charge on any atom is -0.497 e. The Bertz CT molecular complexity index is 1230. The van der Waals surface area contributed by atoms with Gasteiger partial charge in [0, 0.05) is 11.8 Å². The maximum Gasteiger partial charge on any atom is 0.264 e. The number of methoxy groups -OCH3 is 2. The molecule has 3 rings (SSSR count). The van der Waals surface area contributed by atoms with Crippen molar-refractivity contribution < 1.29 is 22.7 Å². The molecule has 0 spiro atoms. The number of nitrogens with zero attached hydrogens (tertiary/aromatic N) is 1. The SMILES string of the molecule is COc1ccc(N(CC(=O)Nc2cc(C)cc(C)c2)S(=O)(=O)c2ccc(C)cc2)c(OC)c1. The van der Waals surface area contributed by atoms with Crippen LogP contribution < -0.4 is 19.1 Å². The fourth-order valence-electron chi connectivity index (χ4n) is 3.51. The molecule has 0 aliphatic carbocycles. The second-order valence-electron chi connectivity index (χ2n) is 7.79. The summed E-state index contributed by atoms with van der Waals surface area (Å²) >= 11 is 0. The Morgan fingerprint density at radius 3 is 2.06 bits per heavy atom. The number of ether oxygens (including phenoxy) is 2. The van der Waals surface area contributed by atoms with Gasteiger partial charge in [-0.2, -0.15) is 0 Å². The molecule has 0 aliphatic rings. The van der Waals surface area contributed by atoms with E-state index in [1.165, 1.54) is 26.4 Å². The molecule has 1 amide bonds. The normalized spacial score (nSPS) is 11.1. The van der Waals surface area contributed by atoms with Crippen molar-refractivity contribution in [3.05, 3.63) is 77.4 Å². The number of rotatable bonds is 8. The molecule has 0 bridgehead atoms. The average molecular weight is 469 g/mol. The summed E-state index contributed by atoms with van der Waals surface area (Å²) in [6, 6.07) is 16.9. The third-order valence-electron chi connectivity index (χ3n) is 5.06. The van der Waals surface area contributed by atoms with Gasteiger partial charge in [0.05, 0.1) is 24.8 Å². The highest BCUT2D eigenvalue weighted by atomic mass is 32.2. The molecule has 0 aliphatic heterocycles. The molecular weight excluding hydrogens is 440 g/mol. The lowest BCUT2D eigenvalue weighted by molar-refractivity contribution is -0.114. The van der Waals surface area contributed by atoms with Gasteiger partial charge < -0.3 is 14.8 Å². The molecule has 7 nitrogen and oxygen atoms in total. The lowest BCUT2D eigenvalue weighted by Gasteiger charge is -2.26. The van der Waals surface area contributed by atoms with E-state index in [9.17, 15) is 13.2 Å². The van der Waals surface area contributed by atoms with Crippen molar-refractivity contribution >= 4 is 27.3 Å². The molecule has 0 radical (unpaired) electrons. The fourth-order valence-corrected chi connectivity index (χ4v) is 4.94. The second-order valence-corrected chi connectivity index (χ2v) is 9.65. The molecule has 0 aromatic heterocycles. The Labute approximate surface area is 195 Å². The van der Waals surface area contributed by atoms with E-state index in [1.807, 2.05) is 39.0 Å². The molecule has 0 saturated heterocycles. The second kappa shape index (κ2) is 9.95. The summed E-state index contributed by atoms with van der Waals surface area (Å²) < 4.78 is 39.0. The number of anilines is 2. The molecule has 3 aromatic carbocycles. The van der Waals surface area contributed by atoms with E-state index in [2.05, 4.69) is 5.32 Å². The summed E-state index contributed by atoms with van der Waals surface area (Å²) in [5.41, 5.74) is 3.74. The lowest BCUT2D eigenvalue weighted by Crippen LogP contribution is -2.38. The van der Waals surface area contributed by atoms with Crippen molar-refractivity contribution in [2.75, 3.05) is 30.4 Å². The number of amides is 1. The summed E-state index contributed by atoms with van der Waals surface area (Å²) in [5, 5.41) is 2.81. The van der Waals surface area contributed by atoms with Gasteiger partial charge in [-0.3, -0.25) is 9.10 Å². The van der Waals surface area contributed by atoms with Crippen LogP contribution in [0.25, 0.3) is 0 Å². The minimum atomic E-state index is -4.08. The molecule has 1 N–H and O–H groups in total. The van der Waals surface area contributed by atoms with E-state index < -0.39 is 22.5 Å². The van der Waals surface area contributed by atoms with Gasteiger partial charge in [-0.15, -0.1) is 0 Å². The van der Waals surface area contributed by atoms with Crippen molar-refractivity contribution in [1.29, 1.82) is 0 Å². The van der Waals surface area contributed by atoms with Crippen molar-refractivity contribution in [2.24, 2.45) is 0 Å². The first-order chi connectivity index (χ1) is 15.6. The molecule has 174 valence electrons. The van der Waals surface area contributed by atoms with Crippen LogP contribution in [0.4, 0.5) is 11.4 Å². The van der Waals surface area contributed by atoms with Crippen molar-refractivity contribution in [3.8, 4) is 11.5 Å². The zero-order chi connectivity index (χ0) is 24.2. The van der Waals surface area contributed by atoms with Gasteiger partial charge in [0.25, 0.3) is 10.0 Å². The molecule has 0 saturated carbocycles. The third kappa shape index (κ3) is 5.64. The zero-order valence-corrected chi connectivity index (χ0v) is 20.2. The Hall–Kier alpha value is -3.52. The Balaban J connectivity index is 2.03. The summed E-state index contributed by atoms with van der Waals surface area (Å²) in [6.45, 7) is 5.29. The lowest BCUT2D eigenvalue weighted by atomic mass is 10.1. The number of aryl methyl sites for hydroxylation is 3. The van der Waals surface area contributed by atoms with E-state index in [0.717, 1.165) is 21.0 Å². The first kappa shape index (κ1) is 24.1. The van der Waals surface area contributed by atoms with Gasteiger partial charge in [0.15, 0.2) is 0 Å². The molecule has 8 heteroatoms. The summed E-state index contributed by atoms with van der Waals surface area (Å²) in [5.74, 6) is 0.292. The van der Waals surface area contributed by atoms with Gasteiger partial charge in [0.1, 0.15) is 18.0 Å². The molecule has 33 heavy (non-hydrogen) atoms. The number of nitrogens with one attached hydrogen (secondary N) is 1. The van der Waals surface area contributed by atoms with Crippen LogP contribution in [0.3, 0.4) is 0 Å². The zero-order valence-electron chi connectivity index (χ0n) is 19.4. The highest BCUT2D eigenvalue weighted by molar-refractivity contribution is 7.92. The minimum absolute atomic E-state index is 0.0742. The number of carbonyl (C=O) groups is 1. The molecule has 0 unspecified atom stereocenters. The number of benzene rings is 3. The van der Waals surface area contributed by atoms with Crippen LogP contribution in [-0.4, -0.2) is 35.1 Å². The Morgan fingerprint density at radius 1 is 0.848 bits per heavy atom. The fraction of sp³-hybridized carbons (Fsp3) is 0.240. The molecule has 0 fully saturated rings. The highest BCUT2D eigenvalue weighted by Gasteiger charge is 2.29. The van der Waals surface area contributed by atoms with Crippen molar-refractivity contribution in [3.63, 3.8) is 0 Å². The van der Waals surface area contributed by atoms with E-state index in [-0.39, 0.29) is 16.3 Å². The van der Waals surface area contributed by atoms with Crippen molar-refractivity contribution in [1.82, 2.24) is 0 Å². The number of hydrogen-bond acceptors (Lipinski definition) is 5. The van der Waals surface area contributed by atoms with Gasteiger partial charge in [-0.05, 0) is 68.3 Å². The Morgan fingerprint density at radius 2 is 1.48 bits per heavy atom. The average Bonchev–Trinajstić information content (AvgIpc) is 2.76. The standard InChI is InChI=1S/C25H28N2O5S/c1-17-6-9-22(10-7-17)33(29,30)27(23-11-8-21(31-4)15-24(23)32-5)16-25(28)26-20-13-18(2)12-19(3)14-20/h6-15H,16H2,1-5H3,(H,26,28). The van der Waals surface area contributed by atoms with Crippen LogP contribution in [0.15, 0.2) is 65.6 Å². The first-order valence-electron chi connectivity index (χ1n) is 10.3. The van der Waals surface area contributed by atoms with Crippen LogP contribution in [0, 0.1) is 20.8 Å². The number of hydrogen-bond donors (Lipinski definition) is 1. The number of carbonyl (C=O) groups excluding carboxylic acids is 1. The third-order valence-corrected chi connectivity index (χ3v) is 6.83. The maximum absolute atomic E-state index is 13.6. The first-order valence-corrected chi connectivity index (χ1v) is 11.8. The summed E-state index contributed by atoms with van der Waals surface area (Å²) in [7, 11) is -1.13. The molecule has 0 atom stereocenters. The largest absolute Gasteiger partial charge is 0.497 e. The van der Waals surface area contributed by atoms with Crippen LogP contribution in [0.1, 0.15) is 16.7 Å². The van der Waals surface area contributed by atoms with Gasteiger partial charge >= 0.3 is 0 Å². The van der Waals surface area contributed by atoms with E-state index >= 15 is 0 Å². The quantitative estimate of drug-likeness (QED) is 0.528. The van der Waals surface area contributed by atoms with E-state index in [1.54, 1.807) is 30.3 Å². The highest BCUT2D eigenvalue weighted by Crippen LogP contribution is 2.35. The monoisotopic (exact) mass is 468 g/mol. The maximum atomic E-state index is 13.6. The Kier molecular flexibility index (Phi) is 7.28. The summed E-state index contributed by atoms with van der Waals surface area (Å²) in [6.07, 6.45) is 0. The molecular formula is C25H28N2O5S. The van der Waals surface area contributed by atoms with Crippen LogP contribution >= 0.6 is 0 Å². The van der Waals surface area contributed by atoms with Crippen LogP contribution in [0.2, 0.25) is 0 Å². The van der Waals surface area contributed by atoms with E-state index in [0.29, 0.717) is 11.4 Å². The topological polar surface area (TPSA) is 84.9 Å². The van der Waals surface area contributed by atoms with Gasteiger partial charge in [-0.1, -0.05) is 23.8 Å². The van der Waals surface area contributed by atoms with Crippen LogP contribution in [0.5, 0.6) is 11.5 Å². The van der Waals surface area contributed by atoms with Crippen LogP contribution in [-0.2, 0) is 14.8 Å². The van der Waals surface area contributed by atoms with E-state index in [4.69, 9.17) is 9.47 Å². The van der Waals surface area contributed by atoms with Crippen molar-refractivity contribution in [2.45, 2.75) is 25.7 Å². The molecule has 3 aromatic rings. The predicted molar refractivity (Wildman–Crippen MR) is 130 cm³/mol. The number of sulfonamides is 1. The molecule has 0 heterocycles.